The molecule has 3 heterocycles. The van der Waals surface area contributed by atoms with Crippen molar-refractivity contribution in [2.75, 3.05) is 20.1 Å². The van der Waals surface area contributed by atoms with Gasteiger partial charge < -0.3 is 9.80 Å². The Morgan fingerprint density at radius 2 is 2.00 bits per heavy atom. The number of likely N-dealkylation sites (N-methyl/N-ethyl adjacent to an activating group) is 1. The maximum absolute atomic E-state index is 12.7. The molecule has 0 aromatic carbocycles. The van der Waals surface area contributed by atoms with Crippen LogP contribution in [0.4, 0.5) is 0 Å². The van der Waals surface area contributed by atoms with Crippen LogP contribution in [0, 0.1) is 0 Å². The third-order valence-corrected chi connectivity index (χ3v) is 5.00. The SMILES string of the molecule is CN1CCC[C@H]1[C@H]1CCCN1C(=O)c1ccc(Br)cn1. The molecular weight excluding hydrogens is 318 g/mol. The zero-order valence-electron chi connectivity index (χ0n) is 11.8. The fraction of sp³-hybridized carbons (Fsp3) is 0.600. The van der Waals surface area contributed by atoms with E-state index in [0.717, 1.165) is 30.4 Å². The molecule has 3 rings (SSSR count). The van der Waals surface area contributed by atoms with Crippen LogP contribution in [-0.4, -0.2) is 52.9 Å². The number of carbonyl (C=O) groups excluding carboxylic acids is 1. The summed E-state index contributed by atoms with van der Waals surface area (Å²) in [5, 5.41) is 0. The van der Waals surface area contributed by atoms with Gasteiger partial charge in [-0.25, -0.2) is 4.98 Å². The molecule has 108 valence electrons. The van der Waals surface area contributed by atoms with Crippen LogP contribution in [0.2, 0.25) is 0 Å². The quantitative estimate of drug-likeness (QED) is 0.832. The predicted octanol–water partition coefficient (Wildman–Crippen LogP) is 2.54. The highest BCUT2D eigenvalue weighted by atomic mass is 79.9. The summed E-state index contributed by atoms with van der Waals surface area (Å²) in [5.41, 5.74) is 0.556. The van der Waals surface area contributed by atoms with Crippen molar-refractivity contribution in [3.8, 4) is 0 Å². The molecule has 20 heavy (non-hydrogen) atoms. The average Bonchev–Trinajstić information content (AvgIpc) is 3.07. The van der Waals surface area contributed by atoms with Gasteiger partial charge in [0.1, 0.15) is 5.69 Å². The van der Waals surface area contributed by atoms with E-state index < -0.39 is 0 Å². The van der Waals surface area contributed by atoms with E-state index in [9.17, 15) is 4.79 Å². The molecular formula is C15H20BrN3O. The summed E-state index contributed by atoms with van der Waals surface area (Å²) in [4.78, 5) is 21.4. The Morgan fingerprint density at radius 3 is 2.65 bits per heavy atom. The summed E-state index contributed by atoms with van der Waals surface area (Å²) < 4.78 is 0.905. The van der Waals surface area contributed by atoms with E-state index in [0.29, 0.717) is 17.8 Å². The molecule has 0 bridgehead atoms. The lowest BCUT2D eigenvalue weighted by molar-refractivity contribution is 0.0658. The van der Waals surface area contributed by atoms with E-state index in [1.165, 1.54) is 12.8 Å². The second-order valence-electron chi connectivity index (χ2n) is 5.76. The second-order valence-corrected chi connectivity index (χ2v) is 6.68. The van der Waals surface area contributed by atoms with E-state index in [1.807, 2.05) is 11.0 Å². The van der Waals surface area contributed by atoms with Crippen LogP contribution in [0.1, 0.15) is 36.2 Å². The van der Waals surface area contributed by atoms with Crippen molar-refractivity contribution in [2.24, 2.45) is 0 Å². The second kappa shape index (κ2) is 5.82. The molecule has 0 N–H and O–H groups in total. The summed E-state index contributed by atoms with van der Waals surface area (Å²) in [5.74, 6) is 0.0836. The average molecular weight is 338 g/mol. The van der Waals surface area contributed by atoms with Gasteiger partial charge in [0.05, 0.1) is 0 Å². The number of rotatable bonds is 2. The maximum atomic E-state index is 12.7. The highest BCUT2D eigenvalue weighted by molar-refractivity contribution is 9.10. The van der Waals surface area contributed by atoms with Gasteiger partial charge in [0, 0.05) is 29.3 Å². The summed E-state index contributed by atoms with van der Waals surface area (Å²) >= 11 is 3.36. The van der Waals surface area contributed by atoms with Crippen molar-refractivity contribution in [1.29, 1.82) is 0 Å². The molecule has 5 heteroatoms. The van der Waals surface area contributed by atoms with Crippen LogP contribution < -0.4 is 0 Å². The third-order valence-electron chi connectivity index (χ3n) is 4.53. The summed E-state index contributed by atoms with van der Waals surface area (Å²) in [6, 6.07) is 4.57. The molecule has 1 amide bonds. The van der Waals surface area contributed by atoms with Crippen LogP contribution in [0.15, 0.2) is 22.8 Å². The van der Waals surface area contributed by atoms with E-state index >= 15 is 0 Å². The van der Waals surface area contributed by atoms with Crippen molar-refractivity contribution >= 4 is 21.8 Å². The number of likely N-dealkylation sites (tertiary alicyclic amines) is 2. The first-order valence-electron chi connectivity index (χ1n) is 7.29. The standard InChI is InChI=1S/C15H20BrN3O/c1-18-8-2-4-13(18)14-5-3-9-19(14)15(20)12-7-6-11(16)10-17-12/h6-7,10,13-14H,2-5,8-9H2,1H3/t13-,14+/m0/s1. The maximum Gasteiger partial charge on any atom is 0.272 e. The number of pyridine rings is 1. The van der Waals surface area contributed by atoms with Crippen molar-refractivity contribution < 1.29 is 4.79 Å². The molecule has 0 radical (unpaired) electrons. The van der Waals surface area contributed by atoms with E-state index in [2.05, 4.69) is 32.9 Å². The molecule has 0 unspecified atom stereocenters. The summed E-state index contributed by atoms with van der Waals surface area (Å²) in [6.07, 6.45) is 6.38. The minimum Gasteiger partial charge on any atom is -0.333 e. The van der Waals surface area contributed by atoms with Crippen LogP contribution in [0.3, 0.4) is 0 Å². The molecule has 1 aromatic rings. The Labute approximate surface area is 128 Å². The van der Waals surface area contributed by atoms with Crippen molar-refractivity contribution in [3.05, 3.63) is 28.5 Å². The molecule has 0 spiro atoms. The molecule has 2 aliphatic rings. The van der Waals surface area contributed by atoms with Gasteiger partial charge in [-0.3, -0.25) is 4.79 Å². The van der Waals surface area contributed by atoms with Crippen molar-refractivity contribution in [3.63, 3.8) is 0 Å². The summed E-state index contributed by atoms with van der Waals surface area (Å²) in [6.45, 7) is 2.02. The first kappa shape index (κ1) is 14.0. The monoisotopic (exact) mass is 337 g/mol. The lowest BCUT2D eigenvalue weighted by Gasteiger charge is -2.33. The fourth-order valence-electron chi connectivity index (χ4n) is 3.52. The van der Waals surface area contributed by atoms with Gasteiger partial charge in [0.2, 0.25) is 0 Å². The zero-order chi connectivity index (χ0) is 14.1. The molecule has 2 saturated heterocycles. The van der Waals surface area contributed by atoms with Crippen LogP contribution in [-0.2, 0) is 0 Å². The number of aromatic nitrogens is 1. The van der Waals surface area contributed by atoms with E-state index in [1.54, 1.807) is 12.3 Å². The first-order valence-corrected chi connectivity index (χ1v) is 8.09. The highest BCUT2D eigenvalue weighted by Crippen LogP contribution is 2.29. The first-order chi connectivity index (χ1) is 9.66. The molecule has 0 saturated carbocycles. The van der Waals surface area contributed by atoms with Gasteiger partial charge in [-0.15, -0.1) is 0 Å². The Morgan fingerprint density at radius 1 is 1.25 bits per heavy atom. The normalized spacial score (nSPS) is 27.2. The lowest BCUT2D eigenvalue weighted by Crippen LogP contribution is -2.47. The number of nitrogens with zero attached hydrogens (tertiary/aromatic N) is 3. The molecule has 0 aliphatic carbocycles. The molecule has 1 aromatic heterocycles. The molecule has 2 atom stereocenters. The number of amides is 1. The minimum absolute atomic E-state index is 0.0836. The fourth-order valence-corrected chi connectivity index (χ4v) is 3.75. The van der Waals surface area contributed by atoms with Crippen molar-refractivity contribution in [1.82, 2.24) is 14.8 Å². The Balaban J connectivity index is 1.78. The summed E-state index contributed by atoms with van der Waals surface area (Å²) in [7, 11) is 2.18. The predicted molar refractivity (Wildman–Crippen MR) is 81.6 cm³/mol. The van der Waals surface area contributed by atoms with Gasteiger partial charge in [-0.2, -0.15) is 0 Å². The highest BCUT2D eigenvalue weighted by Gasteiger charge is 2.38. The topological polar surface area (TPSA) is 36.4 Å². The number of halogens is 1. The zero-order valence-corrected chi connectivity index (χ0v) is 13.3. The van der Waals surface area contributed by atoms with Gasteiger partial charge >= 0.3 is 0 Å². The van der Waals surface area contributed by atoms with Crippen LogP contribution in [0.5, 0.6) is 0 Å². The van der Waals surface area contributed by atoms with E-state index in [-0.39, 0.29) is 5.91 Å². The van der Waals surface area contributed by atoms with Crippen LogP contribution >= 0.6 is 15.9 Å². The molecule has 2 aliphatic heterocycles. The van der Waals surface area contributed by atoms with E-state index in [4.69, 9.17) is 0 Å². The third kappa shape index (κ3) is 2.61. The minimum atomic E-state index is 0.0836. The van der Waals surface area contributed by atoms with Gasteiger partial charge in [-0.1, -0.05) is 0 Å². The van der Waals surface area contributed by atoms with Gasteiger partial charge in [0.25, 0.3) is 5.91 Å². The number of carbonyl (C=O) groups is 1. The van der Waals surface area contributed by atoms with Crippen LogP contribution in [0.25, 0.3) is 0 Å². The number of hydrogen-bond donors (Lipinski definition) is 0. The molecule has 4 nitrogen and oxygen atoms in total. The smallest absolute Gasteiger partial charge is 0.272 e. The van der Waals surface area contributed by atoms with Gasteiger partial charge in [0.15, 0.2) is 0 Å². The van der Waals surface area contributed by atoms with Crippen molar-refractivity contribution in [2.45, 2.75) is 37.8 Å². The Kier molecular flexibility index (Phi) is 4.08. The largest absolute Gasteiger partial charge is 0.333 e. The molecule has 2 fully saturated rings. The lowest BCUT2D eigenvalue weighted by atomic mass is 10.0. The Hall–Kier alpha value is -0.940. The Bertz CT molecular complexity index is 490. The van der Waals surface area contributed by atoms with Gasteiger partial charge in [-0.05, 0) is 67.3 Å². The number of hydrogen-bond acceptors (Lipinski definition) is 3.